The number of rotatable bonds is 4. The van der Waals surface area contributed by atoms with Crippen molar-refractivity contribution in [1.82, 2.24) is 4.98 Å². The van der Waals surface area contributed by atoms with E-state index in [-0.39, 0.29) is 12.5 Å². The van der Waals surface area contributed by atoms with Gasteiger partial charge in [0, 0.05) is 28.9 Å². The molecule has 0 aliphatic carbocycles. The lowest BCUT2D eigenvalue weighted by atomic mass is 10.1. The van der Waals surface area contributed by atoms with E-state index < -0.39 is 0 Å². The fourth-order valence-corrected chi connectivity index (χ4v) is 2.28. The maximum Gasteiger partial charge on any atom is 0.262 e. The summed E-state index contributed by atoms with van der Waals surface area (Å²) in [5.74, 6) is 0.535. The average molecular weight is 292 g/mol. The number of para-hydroxylation sites is 1. The number of pyridine rings is 1. The fraction of sp³-hybridized carbons (Fsp3) is 0.111. The Hall–Kier alpha value is -2.88. The summed E-state index contributed by atoms with van der Waals surface area (Å²) in [5, 5.41) is 4.83. The van der Waals surface area contributed by atoms with Crippen molar-refractivity contribution >= 4 is 22.4 Å². The number of benzene rings is 2. The quantitative estimate of drug-likeness (QED) is 0.800. The normalized spacial score (nSPS) is 10.4. The molecule has 4 nitrogen and oxygen atoms in total. The number of amides is 1. The molecule has 0 spiro atoms. The fourth-order valence-electron chi connectivity index (χ4n) is 2.28. The lowest BCUT2D eigenvalue weighted by Crippen LogP contribution is -2.20. The molecule has 2 aromatic carbocycles. The summed E-state index contributed by atoms with van der Waals surface area (Å²) in [7, 11) is 0. The molecule has 0 unspecified atom stereocenters. The topological polar surface area (TPSA) is 51.2 Å². The van der Waals surface area contributed by atoms with Crippen LogP contribution in [-0.4, -0.2) is 17.5 Å². The van der Waals surface area contributed by atoms with Crippen LogP contribution in [0.25, 0.3) is 10.8 Å². The highest BCUT2D eigenvalue weighted by Crippen LogP contribution is 2.22. The molecule has 4 heteroatoms. The number of carbonyl (C=O) groups is 1. The second kappa shape index (κ2) is 6.26. The number of carbonyl (C=O) groups excluding carboxylic acids is 1. The zero-order valence-corrected chi connectivity index (χ0v) is 12.2. The number of fused-ring (bicyclic) bond motifs is 1. The van der Waals surface area contributed by atoms with E-state index in [1.165, 1.54) is 0 Å². The molecule has 110 valence electrons. The molecule has 1 N–H and O–H groups in total. The molecule has 0 saturated carbocycles. The van der Waals surface area contributed by atoms with Gasteiger partial charge in [-0.25, -0.2) is 0 Å². The highest BCUT2D eigenvalue weighted by atomic mass is 16.5. The van der Waals surface area contributed by atoms with Crippen molar-refractivity contribution in [2.24, 2.45) is 0 Å². The minimum Gasteiger partial charge on any atom is -0.483 e. The van der Waals surface area contributed by atoms with Crippen molar-refractivity contribution in [3.63, 3.8) is 0 Å². The third-order valence-electron chi connectivity index (χ3n) is 3.41. The number of aromatic nitrogens is 1. The van der Waals surface area contributed by atoms with Gasteiger partial charge in [0.25, 0.3) is 5.91 Å². The maximum absolute atomic E-state index is 12.1. The summed E-state index contributed by atoms with van der Waals surface area (Å²) in [4.78, 5) is 16.2. The van der Waals surface area contributed by atoms with Crippen molar-refractivity contribution in [1.29, 1.82) is 0 Å². The first kappa shape index (κ1) is 14.1. The molecular formula is C18H16N2O2. The molecule has 0 atom stereocenters. The first-order chi connectivity index (χ1) is 10.7. The zero-order chi connectivity index (χ0) is 15.4. The van der Waals surface area contributed by atoms with Crippen LogP contribution in [0, 0.1) is 6.92 Å². The van der Waals surface area contributed by atoms with E-state index in [4.69, 9.17) is 4.74 Å². The van der Waals surface area contributed by atoms with Gasteiger partial charge in [0.2, 0.25) is 0 Å². The molecule has 1 heterocycles. The number of hydrogen-bond donors (Lipinski definition) is 1. The van der Waals surface area contributed by atoms with E-state index >= 15 is 0 Å². The highest BCUT2D eigenvalue weighted by molar-refractivity contribution is 6.02. The number of nitrogens with one attached hydrogen (secondary N) is 1. The number of aryl methyl sites for hydroxylation is 1. The molecular weight excluding hydrogens is 276 g/mol. The number of nitrogens with zero attached hydrogens (tertiary/aromatic N) is 1. The molecule has 0 radical (unpaired) electrons. The lowest BCUT2D eigenvalue weighted by molar-refractivity contribution is -0.118. The van der Waals surface area contributed by atoms with E-state index in [0.29, 0.717) is 0 Å². The Labute approximate surface area is 128 Å². The van der Waals surface area contributed by atoms with E-state index in [2.05, 4.69) is 10.3 Å². The molecule has 0 aliphatic rings. The van der Waals surface area contributed by atoms with Gasteiger partial charge < -0.3 is 10.1 Å². The molecule has 22 heavy (non-hydrogen) atoms. The number of anilines is 1. The minimum atomic E-state index is -0.187. The Morgan fingerprint density at radius 2 is 2.00 bits per heavy atom. The SMILES string of the molecule is Cc1ccccc1OCC(=O)Nc1cccc2cnccc12. The van der Waals surface area contributed by atoms with Crippen LogP contribution in [0.5, 0.6) is 5.75 Å². The van der Waals surface area contributed by atoms with Gasteiger partial charge in [0.1, 0.15) is 5.75 Å². The monoisotopic (exact) mass is 292 g/mol. The Bertz CT molecular complexity index is 810. The number of hydrogen-bond acceptors (Lipinski definition) is 3. The molecule has 0 aliphatic heterocycles. The van der Waals surface area contributed by atoms with Gasteiger partial charge >= 0.3 is 0 Å². The summed E-state index contributed by atoms with van der Waals surface area (Å²) in [6.07, 6.45) is 3.48. The standard InChI is InChI=1S/C18H16N2O2/c1-13-5-2-3-8-17(13)22-12-18(21)20-16-7-4-6-14-11-19-10-9-15(14)16/h2-11H,12H2,1H3,(H,20,21). The lowest BCUT2D eigenvalue weighted by Gasteiger charge is -2.10. The predicted octanol–water partition coefficient (Wildman–Crippen LogP) is 3.56. The Kier molecular flexibility index (Phi) is 4.01. The highest BCUT2D eigenvalue weighted by Gasteiger charge is 2.07. The van der Waals surface area contributed by atoms with Crippen LogP contribution in [0.1, 0.15) is 5.56 Å². The van der Waals surface area contributed by atoms with E-state index in [0.717, 1.165) is 27.8 Å². The van der Waals surface area contributed by atoms with Crippen molar-refractivity contribution in [2.75, 3.05) is 11.9 Å². The molecule has 1 aromatic heterocycles. The smallest absolute Gasteiger partial charge is 0.262 e. The van der Waals surface area contributed by atoms with Crippen LogP contribution >= 0.6 is 0 Å². The van der Waals surface area contributed by atoms with Crippen LogP contribution in [0.3, 0.4) is 0 Å². The predicted molar refractivity (Wildman–Crippen MR) is 87.0 cm³/mol. The van der Waals surface area contributed by atoms with Gasteiger partial charge in [-0.3, -0.25) is 9.78 Å². The second-order valence-corrected chi connectivity index (χ2v) is 5.00. The Morgan fingerprint density at radius 1 is 1.14 bits per heavy atom. The van der Waals surface area contributed by atoms with Gasteiger partial charge in [0.15, 0.2) is 6.61 Å². The summed E-state index contributed by atoms with van der Waals surface area (Å²) < 4.78 is 5.56. The zero-order valence-electron chi connectivity index (χ0n) is 12.2. The third-order valence-corrected chi connectivity index (χ3v) is 3.41. The summed E-state index contributed by atoms with van der Waals surface area (Å²) >= 11 is 0. The van der Waals surface area contributed by atoms with E-state index in [1.54, 1.807) is 12.4 Å². The van der Waals surface area contributed by atoms with Gasteiger partial charge in [-0.1, -0.05) is 30.3 Å². The van der Waals surface area contributed by atoms with Crippen molar-refractivity contribution in [3.05, 3.63) is 66.5 Å². The van der Waals surface area contributed by atoms with Gasteiger partial charge in [-0.05, 0) is 30.7 Å². The molecule has 3 rings (SSSR count). The van der Waals surface area contributed by atoms with Gasteiger partial charge in [-0.15, -0.1) is 0 Å². The first-order valence-electron chi connectivity index (χ1n) is 7.05. The van der Waals surface area contributed by atoms with Gasteiger partial charge in [-0.2, -0.15) is 0 Å². The third kappa shape index (κ3) is 3.06. The van der Waals surface area contributed by atoms with Crippen molar-refractivity contribution in [3.8, 4) is 5.75 Å². The average Bonchev–Trinajstić information content (AvgIpc) is 2.54. The second-order valence-electron chi connectivity index (χ2n) is 5.00. The van der Waals surface area contributed by atoms with Crippen LogP contribution < -0.4 is 10.1 Å². The molecule has 0 saturated heterocycles. The molecule has 1 amide bonds. The summed E-state index contributed by atoms with van der Waals surface area (Å²) in [6.45, 7) is 1.93. The maximum atomic E-state index is 12.1. The number of ether oxygens (including phenoxy) is 1. The van der Waals surface area contributed by atoms with E-state index in [9.17, 15) is 4.79 Å². The van der Waals surface area contributed by atoms with Crippen LogP contribution in [0.2, 0.25) is 0 Å². The van der Waals surface area contributed by atoms with Crippen LogP contribution in [0.4, 0.5) is 5.69 Å². The summed E-state index contributed by atoms with van der Waals surface area (Å²) in [5.41, 5.74) is 1.77. The van der Waals surface area contributed by atoms with E-state index in [1.807, 2.05) is 55.5 Å². The Balaban J connectivity index is 1.70. The van der Waals surface area contributed by atoms with Crippen LogP contribution in [0.15, 0.2) is 60.9 Å². The molecule has 0 bridgehead atoms. The first-order valence-corrected chi connectivity index (χ1v) is 7.05. The Morgan fingerprint density at radius 3 is 2.86 bits per heavy atom. The molecule has 0 fully saturated rings. The largest absolute Gasteiger partial charge is 0.483 e. The minimum absolute atomic E-state index is 0.0215. The van der Waals surface area contributed by atoms with Crippen molar-refractivity contribution < 1.29 is 9.53 Å². The van der Waals surface area contributed by atoms with Crippen molar-refractivity contribution in [2.45, 2.75) is 6.92 Å². The summed E-state index contributed by atoms with van der Waals surface area (Å²) in [6, 6.07) is 15.2. The van der Waals surface area contributed by atoms with Crippen LogP contribution in [-0.2, 0) is 4.79 Å². The van der Waals surface area contributed by atoms with Gasteiger partial charge in [0.05, 0.1) is 0 Å². The molecule has 3 aromatic rings.